The summed E-state index contributed by atoms with van der Waals surface area (Å²) in [6, 6.07) is 14.8. The van der Waals surface area contributed by atoms with Gasteiger partial charge in [-0.3, -0.25) is 4.79 Å². The molecular formula is C22H25N3O2Si. The lowest BCUT2D eigenvalue weighted by Gasteiger charge is -2.16. The molecule has 0 unspecified atom stereocenters. The summed E-state index contributed by atoms with van der Waals surface area (Å²) in [7, 11) is -1.11. The Kier molecular flexibility index (Phi) is 4.91. The lowest BCUT2D eigenvalue weighted by Crippen LogP contribution is -2.22. The molecule has 0 saturated carbocycles. The quantitative estimate of drug-likeness (QED) is 0.355. The number of pyridine rings is 2. The van der Waals surface area contributed by atoms with Crippen molar-refractivity contribution < 1.29 is 4.74 Å². The molecule has 3 heterocycles. The van der Waals surface area contributed by atoms with E-state index in [1.807, 2.05) is 53.4 Å². The summed E-state index contributed by atoms with van der Waals surface area (Å²) < 4.78 is 9.96. The number of nitrogens with zero attached hydrogens (tertiary/aromatic N) is 3. The van der Waals surface area contributed by atoms with Crippen LogP contribution in [0, 0.1) is 0 Å². The molecule has 0 radical (unpaired) electrons. The second-order valence-electron chi connectivity index (χ2n) is 8.28. The zero-order valence-corrected chi connectivity index (χ0v) is 17.6. The largest absolute Gasteiger partial charge is 0.361 e. The summed E-state index contributed by atoms with van der Waals surface area (Å²) in [5.74, 6) is 0. The first-order chi connectivity index (χ1) is 13.4. The third-order valence-corrected chi connectivity index (χ3v) is 6.61. The third kappa shape index (κ3) is 3.65. The highest BCUT2D eigenvalue weighted by Crippen LogP contribution is 2.25. The Morgan fingerprint density at radius 2 is 1.79 bits per heavy atom. The molecule has 1 aromatic carbocycles. The summed E-state index contributed by atoms with van der Waals surface area (Å²) in [5.41, 5.74) is 2.70. The number of fused-ring (bicyclic) bond motifs is 3. The third-order valence-electron chi connectivity index (χ3n) is 4.90. The van der Waals surface area contributed by atoms with Crippen LogP contribution in [-0.4, -0.2) is 28.8 Å². The van der Waals surface area contributed by atoms with Gasteiger partial charge >= 0.3 is 0 Å². The van der Waals surface area contributed by atoms with Crippen molar-refractivity contribution in [1.29, 1.82) is 0 Å². The fraction of sp³-hybridized carbons (Fsp3) is 0.273. The van der Waals surface area contributed by atoms with E-state index in [0.717, 1.165) is 34.9 Å². The lowest BCUT2D eigenvalue weighted by molar-refractivity contribution is 0.0899. The number of hydrogen-bond donors (Lipinski definition) is 0. The van der Waals surface area contributed by atoms with Crippen molar-refractivity contribution in [3.05, 3.63) is 71.3 Å². The predicted octanol–water partition coefficient (Wildman–Crippen LogP) is 4.65. The Morgan fingerprint density at radius 3 is 2.54 bits per heavy atom. The van der Waals surface area contributed by atoms with E-state index in [1.165, 1.54) is 0 Å². The van der Waals surface area contributed by atoms with Gasteiger partial charge in [0.2, 0.25) is 0 Å². The number of hydrogen-bond acceptors (Lipinski definition) is 3. The van der Waals surface area contributed by atoms with Crippen LogP contribution in [0.3, 0.4) is 0 Å². The van der Waals surface area contributed by atoms with Crippen LogP contribution < -0.4 is 5.43 Å². The molecule has 0 saturated heterocycles. The van der Waals surface area contributed by atoms with Gasteiger partial charge in [0.1, 0.15) is 12.4 Å². The number of rotatable bonds is 6. The number of para-hydroxylation sites is 1. The molecule has 0 aliphatic carbocycles. The molecule has 0 bridgehead atoms. The van der Waals surface area contributed by atoms with Crippen LogP contribution in [-0.2, 0) is 11.5 Å². The second kappa shape index (κ2) is 7.37. The smallest absolute Gasteiger partial charge is 0.190 e. The van der Waals surface area contributed by atoms with Gasteiger partial charge in [0.25, 0.3) is 0 Å². The zero-order chi connectivity index (χ0) is 19.7. The lowest BCUT2D eigenvalue weighted by atomic mass is 10.2. The molecule has 0 atom stereocenters. The average Bonchev–Trinajstić information content (AvgIpc) is 3.09. The van der Waals surface area contributed by atoms with E-state index < -0.39 is 8.07 Å². The number of aromatic nitrogens is 3. The SMILES string of the molecule is C[Si](C)(C)CCOCn1ccc2c1ncc1c(=O)ccn(-c3ccccc3)c12. The maximum Gasteiger partial charge on any atom is 0.190 e. The molecule has 144 valence electrons. The first-order valence-corrected chi connectivity index (χ1v) is 13.3. The molecule has 6 heteroatoms. The number of ether oxygens (including phenoxy) is 1. The van der Waals surface area contributed by atoms with Gasteiger partial charge in [-0.2, -0.15) is 0 Å². The Labute approximate surface area is 165 Å². The van der Waals surface area contributed by atoms with Crippen LogP contribution in [0.25, 0.3) is 27.6 Å². The van der Waals surface area contributed by atoms with E-state index in [4.69, 9.17) is 4.74 Å². The molecule has 4 rings (SSSR count). The van der Waals surface area contributed by atoms with Crippen molar-refractivity contribution in [2.24, 2.45) is 0 Å². The van der Waals surface area contributed by atoms with Crippen molar-refractivity contribution in [2.75, 3.05) is 6.61 Å². The summed E-state index contributed by atoms with van der Waals surface area (Å²) in [6.45, 7) is 8.26. The second-order valence-corrected chi connectivity index (χ2v) is 13.9. The molecule has 5 nitrogen and oxygen atoms in total. The molecular weight excluding hydrogens is 366 g/mol. The maximum atomic E-state index is 12.4. The topological polar surface area (TPSA) is 49.1 Å². The van der Waals surface area contributed by atoms with E-state index >= 15 is 0 Å². The molecule has 4 aromatic rings. The van der Waals surface area contributed by atoms with Crippen molar-refractivity contribution in [1.82, 2.24) is 14.1 Å². The predicted molar refractivity (Wildman–Crippen MR) is 117 cm³/mol. The molecule has 3 aromatic heterocycles. The minimum atomic E-state index is -1.11. The maximum absolute atomic E-state index is 12.4. The first-order valence-electron chi connectivity index (χ1n) is 9.56. The van der Waals surface area contributed by atoms with E-state index in [0.29, 0.717) is 12.1 Å². The first kappa shape index (κ1) is 18.7. The van der Waals surface area contributed by atoms with Crippen LogP contribution in [0.15, 0.2) is 65.8 Å². The Balaban J connectivity index is 1.77. The molecule has 0 aliphatic heterocycles. The summed E-state index contributed by atoms with van der Waals surface area (Å²) in [5, 5.41) is 1.57. The molecule has 0 spiro atoms. The zero-order valence-electron chi connectivity index (χ0n) is 16.6. The van der Waals surface area contributed by atoms with Gasteiger partial charge in [-0.15, -0.1) is 0 Å². The van der Waals surface area contributed by atoms with Gasteiger partial charge in [0, 0.05) is 50.4 Å². The summed E-state index contributed by atoms with van der Waals surface area (Å²) in [4.78, 5) is 17.0. The van der Waals surface area contributed by atoms with Gasteiger partial charge in [0.15, 0.2) is 5.43 Å². The van der Waals surface area contributed by atoms with Crippen LogP contribution in [0.5, 0.6) is 0 Å². The molecule has 28 heavy (non-hydrogen) atoms. The monoisotopic (exact) mass is 391 g/mol. The summed E-state index contributed by atoms with van der Waals surface area (Å²) >= 11 is 0. The van der Waals surface area contributed by atoms with Gasteiger partial charge in [-0.25, -0.2) is 4.98 Å². The molecule has 0 amide bonds. The van der Waals surface area contributed by atoms with E-state index in [-0.39, 0.29) is 5.43 Å². The van der Waals surface area contributed by atoms with Crippen LogP contribution in [0.2, 0.25) is 25.7 Å². The van der Waals surface area contributed by atoms with Crippen molar-refractivity contribution in [3.63, 3.8) is 0 Å². The van der Waals surface area contributed by atoms with Crippen molar-refractivity contribution >= 4 is 30.0 Å². The minimum Gasteiger partial charge on any atom is -0.361 e. The van der Waals surface area contributed by atoms with Crippen LogP contribution >= 0.6 is 0 Å². The van der Waals surface area contributed by atoms with Gasteiger partial charge in [-0.1, -0.05) is 37.8 Å². The van der Waals surface area contributed by atoms with Crippen molar-refractivity contribution in [3.8, 4) is 5.69 Å². The van der Waals surface area contributed by atoms with Gasteiger partial charge in [0.05, 0.1) is 10.9 Å². The highest BCUT2D eigenvalue weighted by molar-refractivity contribution is 6.76. The number of benzene rings is 1. The molecule has 0 fully saturated rings. The van der Waals surface area contributed by atoms with E-state index in [2.05, 4.69) is 29.2 Å². The molecule has 0 aliphatic rings. The Bertz CT molecular complexity index is 1170. The molecule has 0 N–H and O–H groups in total. The fourth-order valence-corrected chi connectivity index (χ4v) is 4.08. The summed E-state index contributed by atoms with van der Waals surface area (Å²) in [6.07, 6.45) is 5.50. The van der Waals surface area contributed by atoms with E-state index in [9.17, 15) is 4.79 Å². The fourth-order valence-electron chi connectivity index (χ4n) is 3.32. The Hall–Kier alpha value is -2.70. The average molecular weight is 392 g/mol. The van der Waals surface area contributed by atoms with Gasteiger partial charge in [-0.05, 0) is 24.2 Å². The normalized spacial score (nSPS) is 12.1. The highest BCUT2D eigenvalue weighted by atomic mass is 28.3. The standard InChI is InChI=1S/C22H25N3O2Si/c1-28(2,3)14-13-27-16-24-11-9-18-21-19(15-23-22(18)24)20(26)10-12-25(21)17-7-5-4-6-8-17/h4-12,15H,13-14,16H2,1-3H3. The van der Waals surface area contributed by atoms with Gasteiger partial charge < -0.3 is 13.9 Å². The Morgan fingerprint density at radius 1 is 1.00 bits per heavy atom. The van der Waals surface area contributed by atoms with Crippen molar-refractivity contribution in [2.45, 2.75) is 32.4 Å². The highest BCUT2D eigenvalue weighted by Gasteiger charge is 2.14. The van der Waals surface area contributed by atoms with Crippen LogP contribution in [0.4, 0.5) is 0 Å². The van der Waals surface area contributed by atoms with E-state index in [1.54, 1.807) is 12.3 Å². The minimum absolute atomic E-state index is 0.0179. The van der Waals surface area contributed by atoms with Crippen LogP contribution in [0.1, 0.15) is 0 Å².